The summed E-state index contributed by atoms with van der Waals surface area (Å²) in [6.45, 7) is 6.50. The van der Waals surface area contributed by atoms with Crippen LogP contribution in [0.25, 0.3) is 16.8 Å². The molecule has 220 valence electrons. The molecule has 0 bridgehead atoms. The Morgan fingerprint density at radius 1 is 1.12 bits per heavy atom. The number of ether oxygens (including phenoxy) is 1. The maximum atomic E-state index is 13.3. The predicted molar refractivity (Wildman–Crippen MR) is 154 cm³/mol. The van der Waals surface area contributed by atoms with E-state index in [4.69, 9.17) is 15.5 Å². The third kappa shape index (κ3) is 4.66. The highest BCUT2D eigenvalue weighted by molar-refractivity contribution is 5.88. The second kappa shape index (κ2) is 10.0. The third-order valence-corrected chi connectivity index (χ3v) is 8.96. The van der Waals surface area contributed by atoms with Gasteiger partial charge < -0.3 is 15.4 Å². The Balaban J connectivity index is 1.39. The maximum absolute atomic E-state index is 13.3. The number of amides is 1. The molecular weight excluding hydrogens is 543 g/mol. The molecule has 2 aromatic carbocycles. The van der Waals surface area contributed by atoms with Crippen LogP contribution in [0, 0.1) is 5.41 Å². The van der Waals surface area contributed by atoms with Gasteiger partial charge in [-0.1, -0.05) is 45.0 Å². The Hall–Kier alpha value is -4.08. The highest BCUT2D eigenvalue weighted by Crippen LogP contribution is 2.44. The lowest BCUT2D eigenvalue weighted by molar-refractivity contribution is -0.138. The minimum Gasteiger partial charge on any atom is -0.496 e. The van der Waals surface area contributed by atoms with Crippen LogP contribution in [0.4, 0.5) is 19.0 Å². The molecule has 42 heavy (non-hydrogen) atoms. The Kier molecular flexibility index (Phi) is 6.70. The van der Waals surface area contributed by atoms with Crippen LogP contribution in [0.2, 0.25) is 0 Å². The summed E-state index contributed by atoms with van der Waals surface area (Å²) in [5.74, 6) is 1.56. The van der Waals surface area contributed by atoms with Gasteiger partial charge in [0.25, 0.3) is 0 Å². The number of nitrogens with zero attached hydrogens (tertiary/aromatic N) is 4. The number of nitrogen functional groups attached to an aromatic ring is 1. The third-order valence-electron chi connectivity index (χ3n) is 8.96. The quantitative estimate of drug-likeness (QED) is 0.287. The monoisotopic (exact) mass is 577 g/mol. The smallest absolute Gasteiger partial charge is 0.416 e. The standard InChI is InChI=1S/C32H34F3N5O2/c1-18(19-6-5-7-22(14-19)32(33,34)35)20-9-11-24(25(15-20)42-4)26-27-28(36)37-12-13-39(27)29(38-26)21-8-10-23-16-31(2,3)30(41)40(23)17-21/h5-7,9,11-15,18,21,23H,8,10,16-17H2,1-4H3,(H2,36,37)/t18-,21-,23+/m1/s1. The lowest BCUT2D eigenvalue weighted by Crippen LogP contribution is -2.42. The summed E-state index contributed by atoms with van der Waals surface area (Å²) >= 11 is 0. The summed E-state index contributed by atoms with van der Waals surface area (Å²) in [4.78, 5) is 24.6. The van der Waals surface area contributed by atoms with Crippen molar-refractivity contribution in [3.63, 3.8) is 0 Å². The Labute approximate surface area is 242 Å². The number of benzene rings is 2. The van der Waals surface area contributed by atoms with Crippen molar-refractivity contribution in [3.8, 4) is 17.0 Å². The minimum atomic E-state index is -4.41. The van der Waals surface area contributed by atoms with Crippen molar-refractivity contribution in [2.24, 2.45) is 5.41 Å². The number of hydrogen-bond donors (Lipinski definition) is 1. The number of halogens is 3. The number of methoxy groups -OCH3 is 1. The van der Waals surface area contributed by atoms with E-state index in [1.54, 1.807) is 19.4 Å². The van der Waals surface area contributed by atoms with Crippen LogP contribution in [0.5, 0.6) is 5.75 Å². The molecule has 0 spiro atoms. The Morgan fingerprint density at radius 3 is 2.62 bits per heavy atom. The van der Waals surface area contributed by atoms with E-state index in [9.17, 15) is 18.0 Å². The number of carbonyl (C=O) groups is 1. The fraction of sp³-hybridized carbons (Fsp3) is 0.406. The number of fused-ring (bicyclic) bond motifs is 2. The molecule has 3 atom stereocenters. The average Bonchev–Trinajstić information content (AvgIpc) is 3.46. The molecular formula is C32H34F3N5O2. The van der Waals surface area contributed by atoms with E-state index in [1.165, 1.54) is 12.1 Å². The molecule has 2 aromatic heterocycles. The van der Waals surface area contributed by atoms with Gasteiger partial charge in [-0.2, -0.15) is 13.2 Å². The number of imidazole rings is 1. The summed E-state index contributed by atoms with van der Waals surface area (Å²) in [5, 5.41) is 0. The van der Waals surface area contributed by atoms with Crippen LogP contribution in [-0.4, -0.2) is 44.9 Å². The number of piperidine rings is 1. The lowest BCUT2D eigenvalue weighted by Gasteiger charge is -2.34. The fourth-order valence-electron chi connectivity index (χ4n) is 6.68. The van der Waals surface area contributed by atoms with E-state index in [2.05, 4.69) is 4.98 Å². The first-order valence-electron chi connectivity index (χ1n) is 14.2. The van der Waals surface area contributed by atoms with Crippen molar-refractivity contribution in [1.29, 1.82) is 0 Å². The largest absolute Gasteiger partial charge is 0.496 e. The van der Waals surface area contributed by atoms with Crippen LogP contribution in [0.1, 0.15) is 74.4 Å². The lowest BCUT2D eigenvalue weighted by atomic mass is 9.87. The van der Waals surface area contributed by atoms with Crippen molar-refractivity contribution in [3.05, 3.63) is 77.4 Å². The molecule has 2 fully saturated rings. The number of carbonyl (C=O) groups excluding carboxylic acids is 1. The zero-order valence-electron chi connectivity index (χ0n) is 24.1. The van der Waals surface area contributed by atoms with Gasteiger partial charge in [-0.05, 0) is 48.6 Å². The molecule has 4 aromatic rings. The van der Waals surface area contributed by atoms with Gasteiger partial charge >= 0.3 is 6.18 Å². The van der Waals surface area contributed by atoms with E-state index in [-0.39, 0.29) is 29.2 Å². The number of aromatic nitrogens is 3. The van der Waals surface area contributed by atoms with Crippen molar-refractivity contribution in [2.75, 3.05) is 19.4 Å². The summed E-state index contributed by atoms with van der Waals surface area (Å²) in [6.07, 6.45) is 1.75. The number of anilines is 1. The zero-order chi connectivity index (χ0) is 30.0. The van der Waals surface area contributed by atoms with Crippen molar-refractivity contribution < 1.29 is 22.7 Å². The molecule has 4 heterocycles. The van der Waals surface area contributed by atoms with Gasteiger partial charge in [0.1, 0.15) is 28.6 Å². The summed E-state index contributed by atoms with van der Waals surface area (Å²) < 4.78 is 47.8. The predicted octanol–water partition coefficient (Wildman–Crippen LogP) is 6.66. The minimum absolute atomic E-state index is 0.0216. The topological polar surface area (TPSA) is 85.8 Å². The SMILES string of the molecule is COc1cc([C@H](C)c2cccc(C(F)(F)F)c2)ccc1-c1nc([C@@H]2CC[C@H]3CC(C)(C)C(=O)N3C2)n2ccnc(N)c12. The summed E-state index contributed by atoms with van der Waals surface area (Å²) in [7, 11) is 1.56. The van der Waals surface area contributed by atoms with Crippen molar-refractivity contribution >= 4 is 17.2 Å². The van der Waals surface area contributed by atoms with E-state index in [1.807, 2.05) is 54.5 Å². The molecule has 2 aliphatic heterocycles. The van der Waals surface area contributed by atoms with Gasteiger partial charge in [0.05, 0.1) is 12.7 Å². The van der Waals surface area contributed by atoms with E-state index in [0.29, 0.717) is 40.4 Å². The van der Waals surface area contributed by atoms with Gasteiger partial charge in [-0.3, -0.25) is 9.20 Å². The van der Waals surface area contributed by atoms with Gasteiger partial charge in [0, 0.05) is 47.8 Å². The first kappa shape index (κ1) is 28.1. The number of nitrogens with two attached hydrogens (primary N) is 1. The molecule has 10 heteroatoms. The molecule has 6 rings (SSSR count). The van der Waals surface area contributed by atoms with Gasteiger partial charge in [0.15, 0.2) is 0 Å². The zero-order valence-corrected chi connectivity index (χ0v) is 24.1. The first-order valence-corrected chi connectivity index (χ1v) is 14.2. The molecule has 7 nitrogen and oxygen atoms in total. The summed E-state index contributed by atoms with van der Waals surface area (Å²) in [5.41, 5.74) is 8.70. The second-order valence-electron chi connectivity index (χ2n) is 12.1. The highest BCUT2D eigenvalue weighted by atomic mass is 19.4. The second-order valence-corrected chi connectivity index (χ2v) is 12.1. The molecule has 2 aliphatic rings. The summed E-state index contributed by atoms with van der Waals surface area (Å²) in [6, 6.07) is 11.2. The highest BCUT2D eigenvalue weighted by Gasteiger charge is 2.48. The van der Waals surface area contributed by atoms with Gasteiger partial charge in [-0.25, -0.2) is 9.97 Å². The van der Waals surface area contributed by atoms with Crippen LogP contribution in [0.3, 0.4) is 0 Å². The van der Waals surface area contributed by atoms with Crippen LogP contribution >= 0.6 is 0 Å². The molecule has 0 aliphatic carbocycles. The van der Waals surface area contributed by atoms with Crippen molar-refractivity contribution in [1.82, 2.24) is 19.3 Å². The molecule has 0 saturated carbocycles. The molecule has 2 saturated heterocycles. The molecule has 0 unspecified atom stereocenters. The van der Waals surface area contributed by atoms with Crippen LogP contribution in [-0.2, 0) is 11.0 Å². The molecule has 0 radical (unpaired) electrons. The Bertz CT molecular complexity index is 1680. The number of rotatable bonds is 5. The fourth-order valence-corrected chi connectivity index (χ4v) is 6.68. The van der Waals surface area contributed by atoms with Crippen LogP contribution < -0.4 is 10.5 Å². The molecule has 2 N–H and O–H groups in total. The number of hydrogen-bond acceptors (Lipinski definition) is 5. The van der Waals surface area contributed by atoms with Crippen LogP contribution in [0.15, 0.2) is 54.9 Å². The molecule has 1 amide bonds. The van der Waals surface area contributed by atoms with E-state index in [0.717, 1.165) is 36.7 Å². The van der Waals surface area contributed by atoms with E-state index >= 15 is 0 Å². The number of alkyl halides is 3. The average molecular weight is 578 g/mol. The first-order chi connectivity index (χ1) is 19.9. The van der Waals surface area contributed by atoms with Gasteiger partial charge in [0.2, 0.25) is 5.91 Å². The maximum Gasteiger partial charge on any atom is 0.416 e. The van der Waals surface area contributed by atoms with Crippen molar-refractivity contribution in [2.45, 2.75) is 64.1 Å². The Morgan fingerprint density at radius 2 is 1.88 bits per heavy atom. The van der Waals surface area contributed by atoms with E-state index < -0.39 is 11.7 Å². The van der Waals surface area contributed by atoms with Gasteiger partial charge in [-0.15, -0.1) is 0 Å². The normalized spacial score (nSPS) is 21.0.